The largest absolute Gasteiger partial charge is 1.00 e. The van der Waals surface area contributed by atoms with Crippen LogP contribution in [0.2, 0.25) is 10.0 Å². The number of amides is 1. The first-order valence-corrected chi connectivity index (χ1v) is 11.5. The number of nitrogens with one attached hydrogen (secondary N) is 1. The van der Waals surface area contributed by atoms with Crippen molar-refractivity contribution in [3.05, 3.63) is 88.0 Å². The van der Waals surface area contributed by atoms with E-state index in [4.69, 9.17) is 23.2 Å². The Bertz CT molecular complexity index is 1190. The number of hydrogen-bond donors (Lipinski definition) is 1. The van der Waals surface area contributed by atoms with Gasteiger partial charge in [0.25, 0.3) is 5.91 Å². The van der Waals surface area contributed by atoms with Crippen molar-refractivity contribution in [2.24, 2.45) is 0 Å². The molecule has 33 heavy (non-hydrogen) atoms. The van der Waals surface area contributed by atoms with E-state index in [9.17, 15) is 15.2 Å². The van der Waals surface area contributed by atoms with E-state index in [1.54, 1.807) is 48.5 Å². The quantitative estimate of drug-likeness (QED) is 0.325. The van der Waals surface area contributed by atoms with Gasteiger partial charge >= 0.3 is 29.6 Å². The van der Waals surface area contributed by atoms with Crippen LogP contribution in [-0.2, 0) is 0 Å². The molecule has 3 aromatic rings. The Kier molecular flexibility index (Phi) is 13.8. The topological polar surface area (TPSA) is 139 Å². The van der Waals surface area contributed by atoms with Crippen molar-refractivity contribution in [2.75, 3.05) is 5.32 Å². The Morgan fingerprint density at radius 2 is 1.70 bits per heavy atom. The van der Waals surface area contributed by atoms with Crippen molar-refractivity contribution in [3.63, 3.8) is 0 Å². The minimum Gasteiger partial charge on any atom is -0.871 e. The molecule has 0 saturated carbocycles. The molecule has 0 bridgehead atoms. The third-order valence-electron chi connectivity index (χ3n) is 4.49. The second-order valence-corrected chi connectivity index (χ2v) is 9.77. The first-order chi connectivity index (χ1) is 14.2. The van der Waals surface area contributed by atoms with Crippen LogP contribution in [0.5, 0.6) is 5.75 Å². The standard InChI is InChI=1S/C22H14Cl2I2N2O2.Na.2H2O/c1-11-6-15(17(10-27)12-2-4-13(23)5-3-12)18(24)9-20(11)28-22(30)16-7-14(25)8-19(26)21(16)29;;;/h2-9,17,29H,1H3,(H,28,30);;2*1H2/q;+1;;/p-1. The maximum absolute atomic E-state index is 12.7. The molecular formula is C22H17Cl2I2N2NaO4. The third-order valence-corrected chi connectivity index (χ3v) is 6.49. The Morgan fingerprint density at radius 1 is 1.09 bits per heavy atom. The van der Waals surface area contributed by atoms with E-state index in [1.165, 1.54) is 0 Å². The van der Waals surface area contributed by atoms with Crippen molar-refractivity contribution in [1.29, 1.82) is 5.26 Å². The molecule has 1 atom stereocenters. The number of halogens is 4. The monoisotopic (exact) mass is 720 g/mol. The van der Waals surface area contributed by atoms with Crippen molar-refractivity contribution >= 4 is 80.0 Å². The van der Waals surface area contributed by atoms with Gasteiger partial charge in [-0.25, -0.2) is 0 Å². The van der Waals surface area contributed by atoms with Gasteiger partial charge in [0.05, 0.1) is 12.0 Å². The number of carbonyl (C=O) groups excluding carboxylic acids is 1. The smallest absolute Gasteiger partial charge is 0.871 e. The zero-order valence-corrected chi connectivity index (χ0v) is 25.3. The second-order valence-electron chi connectivity index (χ2n) is 6.52. The predicted molar refractivity (Wildman–Crippen MR) is 142 cm³/mol. The summed E-state index contributed by atoms with van der Waals surface area (Å²) in [5, 5.41) is 25.7. The molecule has 1 unspecified atom stereocenters. The number of nitrogens with zero attached hydrogens (tertiary/aromatic N) is 1. The van der Waals surface area contributed by atoms with Gasteiger partial charge in [-0.05, 0) is 99.1 Å². The van der Waals surface area contributed by atoms with Gasteiger partial charge in [-0.2, -0.15) is 5.26 Å². The minimum atomic E-state index is -0.580. The van der Waals surface area contributed by atoms with Crippen molar-refractivity contribution in [3.8, 4) is 11.8 Å². The summed E-state index contributed by atoms with van der Waals surface area (Å²) >= 11 is 16.4. The van der Waals surface area contributed by atoms with Crippen LogP contribution in [0.15, 0.2) is 48.5 Å². The van der Waals surface area contributed by atoms with Gasteiger partial charge < -0.3 is 21.4 Å². The van der Waals surface area contributed by atoms with Crippen molar-refractivity contribution in [2.45, 2.75) is 12.8 Å². The molecule has 1 amide bonds. The van der Waals surface area contributed by atoms with E-state index >= 15 is 0 Å². The zero-order valence-electron chi connectivity index (χ0n) is 17.5. The van der Waals surface area contributed by atoms with Gasteiger partial charge in [0.1, 0.15) is 0 Å². The molecule has 3 aromatic carbocycles. The van der Waals surface area contributed by atoms with Crippen molar-refractivity contribution < 1.29 is 50.4 Å². The number of hydrogen-bond acceptors (Lipinski definition) is 3. The zero-order chi connectivity index (χ0) is 22.0. The van der Waals surface area contributed by atoms with Crippen LogP contribution in [0.3, 0.4) is 0 Å². The van der Waals surface area contributed by atoms with Crippen LogP contribution < -0.4 is 40.0 Å². The van der Waals surface area contributed by atoms with E-state index in [-0.39, 0.29) is 51.8 Å². The van der Waals surface area contributed by atoms with Crippen LogP contribution in [0.4, 0.5) is 5.69 Å². The molecule has 168 valence electrons. The van der Waals surface area contributed by atoms with Crippen LogP contribution in [0, 0.1) is 25.4 Å². The minimum absolute atomic E-state index is 0. The Labute approximate surface area is 250 Å². The molecule has 0 heterocycles. The summed E-state index contributed by atoms with van der Waals surface area (Å²) in [4.78, 5) is 12.7. The molecule has 0 aromatic heterocycles. The predicted octanol–water partition coefficient (Wildman–Crippen LogP) is 1.85. The molecule has 0 saturated heterocycles. The summed E-state index contributed by atoms with van der Waals surface area (Å²) in [5.41, 5.74) is 2.68. The number of rotatable bonds is 4. The van der Waals surface area contributed by atoms with Gasteiger partial charge in [0, 0.05) is 28.4 Å². The summed E-state index contributed by atoms with van der Waals surface area (Å²) in [6, 6.07) is 15.9. The maximum atomic E-state index is 12.7. The fourth-order valence-corrected chi connectivity index (χ4v) is 5.20. The van der Waals surface area contributed by atoms with Gasteiger partial charge in [0.2, 0.25) is 0 Å². The molecule has 0 radical (unpaired) electrons. The second kappa shape index (κ2) is 14.1. The van der Waals surface area contributed by atoms with Gasteiger partial charge in [-0.3, -0.25) is 4.79 Å². The van der Waals surface area contributed by atoms with Crippen LogP contribution >= 0.6 is 68.4 Å². The van der Waals surface area contributed by atoms with E-state index in [0.29, 0.717) is 24.9 Å². The molecule has 0 fully saturated rings. The van der Waals surface area contributed by atoms with Crippen molar-refractivity contribution in [1.82, 2.24) is 0 Å². The Morgan fingerprint density at radius 3 is 2.27 bits per heavy atom. The molecule has 5 N–H and O–H groups in total. The van der Waals surface area contributed by atoms with Gasteiger partial charge in [0.15, 0.2) is 0 Å². The van der Waals surface area contributed by atoms with Gasteiger partial charge in [-0.1, -0.05) is 47.2 Å². The molecular weight excluding hydrogens is 704 g/mol. The molecule has 0 aliphatic carbocycles. The molecule has 0 spiro atoms. The fraction of sp³-hybridized carbons (Fsp3) is 0.0909. The number of nitriles is 1. The number of aryl methyl sites for hydroxylation is 1. The number of carbonyl (C=O) groups is 1. The third kappa shape index (κ3) is 7.68. The normalized spacial score (nSPS) is 10.5. The van der Waals surface area contributed by atoms with Crippen LogP contribution in [0.25, 0.3) is 0 Å². The number of benzene rings is 3. The molecule has 11 heteroatoms. The molecule has 3 rings (SSSR count). The average molecular weight is 721 g/mol. The summed E-state index contributed by atoms with van der Waals surface area (Å²) in [7, 11) is 0. The Hall–Kier alpha value is -0.620. The number of anilines is 1. The molecule has 0 aliphatic rings. The maximum Gasteiger partial charge on any atom is 1.00 e. The van der Waals surface area contributed by atoms with Gasteiger partial charge in [-0.15, -0.1) is 0 Å². The first kappa shape index (κ1) is 32.4. The van der Waals surface area contributed by atoms with E-state index in [2.05, 4.69) is 34.0 Å². The fourth-order valence-electron chi connectivity index (χ4n) is 2.96. The van der Waals surface area contributed by atoms with E-state index in [0.717, 1.165) is 14.7 Å². The Balaban J connectivity index is 0.00000341. The first-order valence-electron chi connectivity index (χ1n) is 8.63. The summed E-state index contributed by atoms with van der Waals surface area (Å²) in [6.07, 6.45) is 0. The average Bonchev–Trinajstić information content (AvgIpc) is 2.70. The molecule has 0 aliphatic heterocycles. The van der Waals surface area contributed by atoms with E-state index in [1.807, 2.05) is 29.5 Å². The summed E-state index contributed by atoms with van der Waals surface area (Å²) < 4.78 is 1.28. The summed E-state index contributed by atoms with van der Waals surface area (Å²) in [6.45, 7) is 1.81. The SMILES string of the molecule is Cc1cc(C(C#N)c2ccc(Cl)cc2)c(Cl)cc1NC(=O)c1cc(I)cc(I)c1[O-].O.O.[Na+]. The summed E-state index contributed by atoms with van der Waals surface area (Å²) in [5.74, 6) is -1.40. The van der Waals surface area contributed by atoms with Crippen LogP contribution in [0.1, 0.15) is 33.0 Å². The molecule has 6 nitrogen and oxygen atoms in total. The van der Waals surface area contributed by atoms with E-state index < -0.39 is 11.8 Å². The van der Waals surface area contributed by atoms with Crippen LogP contribution in [-0.4, -0.2) is 16.9 Å².